The van der Waals surface area contributed by atoms with Crippen LogP contribution in [0.1, 0.15) is 12.5 Å². The first-order valence-electron chi connectivity index (χ1n) is 5.68. The highest BCUT2D eigenvalue weighted by Gasteiger charge is 2.12. The van der Waals surface area contributed by atoms with Crippen molar-refractivity contribution in [1.82, 2.24) is 5.32 Å². The number of amides is 2. The Morgan fingerprint density at radius 3 is 2.79 bits per heavy atom. The van der Waals surface area contributed by atoms with Gasteiger partial charge in [-0.15, -0.1) is 0 Å². The maximum Gasteiger partial charge on any atom is 0.406 e. The van der Waals surface area contributed by atoms with E-state index in [0.29, 0.717) is 17.8 Å². The summed E-state index contributed by atoms with van der Waals surface area (Å²) in [7, 11) is 1.27. The highest BCUT2D eigenvalue weighted by atomic mass is 16.5. The zero-order valence-electron chi connectivity index (χ0n) is 10.8. The normalized spacial score (nSPS) is 9.32. The number of anilines is 1. The number of rotatable bonds is 4. The monoisotopic (exact) mass is 261 g/mol. The molecule has 0 saturated carbocycles. The van der Waals surface area contributed by atoms with Crippen LogP contribution < -0.4 is 10.2 Å². The standard InChI is InChI=1S/C13H15N3O3/c1-10(17)16(7-6-15-13(18)19-2)12-5-3-4-11(8-12)9-14/h3-5,8H,6-7H2,1-2H3,(H,15,18). The van der Waals surface area contributed by atoms with Crippen molar-refractivity contribution < 1.29 is 14.3 Å². The van der Waals surface area contributed by atoms with Gasteiger partial charge in [-0.3, -0.25) is 4.79 Å². The molecule has 100 valence electrons. The van der Waals surface area contributed by atoms with Gasteiger partial charge >= 0.3 is 6.09 Å². The Labute approximate surface area is 111 Å². The molecule has 0 saturated heterocycles. The van der Waals surface area contributed by atoms with Crippen LogP contribution >= 0.6 is 0 Å². The SMILES string of the molecule is COC(=O)NCCN(C(C)=O)c1cccc(C#N)c1. The number of nitrogens with zero attached hydrogens (tertiary/aromatic N) is 2. The van der Waals surface area contributed by atoms with Crippen molar-refractivity contribution in [3.63, 3.8) is 0 Å². The van der Waals surface area contributed by atoms with Crippen LogP contribution in [0.5, 0.6) is 0 Å². The highest BCUT2D eigenvalue weighted by Crippen LogP contribution is 2.15. The molecule has 1 N–H and O–H groups in total. The van der Waals surface area contributed by atoms with Gasteiger partial charge in [-0.25, -0.2) is 4.79 Å². The van der Waals surface area contributed by atoms with Crippen molar-refractivity contribution >= 4 is 17.7 Å². The maximum absolute atomic E-state index is 11.6. The molecular formula is C13H15N3O3. The summed E-state index contributed by atoms with van der Waals surface area (Å²) in [6.45, 7) is 2.00. The van der Waals surface area contributed by atoms with Crippen molar-refractivity contribution in [2.75, 3.05) is 25.1 Å². The van der Waals surface area contributed by atoms with E-state index in [2.05, 4.69) is 10.1 Å². The molecule has 0 radical (unpaired) electrons. The second-order valence-corrected chi connectivity index (χ2v) is 3.75. The summed E-state index contributed by atoms with van der Waals surface area (Å²) in [6.07, 6.45) is -0.547. The zero-order chi connectivity index (χ0) is 14.3. The number of alkyl carbamates (subject to hydrolysis) is 1. The van der Waals surface area contributed by atoms with Crippen molar-refractivity contribution in [2.45, 2.75) is 6.92 Å². The molecule has 19 heavy (non-hydrogen) atoms. The van der Waals surface area contributed by atoms with E-state index in [9.17, 15) is 9.59 Å². The Kier molecular flexibility index (Phi) is 5.35. The lowest BCUT2D eigenvalue weighted by atomic mass is 10.2. The van der Waals surface area contributed by atoms with Crippen molar-refractivity contribution in [2.24, 2.45) is 0 Å². The molecule has 0 spiro atoms. The first-order chi connectivity index (χ1) is 9.08. The third-order valence-electron chi connectivity index (χ3n) is 2.46. The molecule has 1 rings (SSSR count). The number of nitriles is 1. The molecule has 0 unspecified atom stereocenters. The van der Waals surface area contributed by atoms with Crippen LogP contribution in [0.3, 0.4) is 0 Å². The molecule has 6 nitrogen and oxygen atoms in total. The van der Waals surface area contributed by atoms with Gasteiger partial charge < -0.3 is 15.0 Å². The number of benzene rings is 1. The molecule has 1 aromatic carbocycles. The molecule has 0 aromatic heterocycles. The Morgan fingerprint density at radius 1 is 1.47 bits per heavy atom. The third kappa shape index (κ3) is 4.32. The second kappa shape index (κ2) is 7.01. The lowest BCUT2D eigenvalue weighted by molar-refractivity contribution is -0.116. The average molecular weight is 261 g/mol. The topological polar surface area (TPSA) is 82.4 Å². The van der Waals surface area contributed by atoms with Gasteiger partial charge in [-0.2, -0.15) is 5.26 Å². The maximum atomic E-state index is 11.6. The van der Waals surface area contributed by atoms with Crippen molar-refractivity contribution in [3.05, 3.63) is 29.8 Å². The fourth-order valence-corrected chi connectivity index (χ4v) is 1.55. The van der Waals surface area contributed by atoms with E-state index in [-0.39, 0.29) is 12.5 Å². The van der Waals surface area contributed by atoms with E-state index < -0.39 is 6.09 Å². The summed E-state index contributed by atoms with van der Waals surface area (Å²) < 4.78 is 4.44. The first-order valence-corrected chi connectivity index (χ1v) is 5.68. The molecule has 0 heterocycles. The number of carbonyl (C=O) groups excluding carboxylic acids is 2. The predicted molar refractivity (Wildman–Crippen MR) is 69.6 cm³/mol. The molecule has 0 bridgehead atoms. The average Bonchev–Trinajstić information content (AvgIpc) is 2.42. The van der Waals surface area contributed by atoms with Gasteiger partial charge in [0.15, 0.2) is 0 Å². The first kappa shape index (κ1) is 14.5. The van der Waals surface area contributed by atoms with Gasteiger partial charge in [0.1, 0.15) is 0 Å². The Hall–Kier alpha value is -2.55. The highest BCUT2D eigenvalue weighted by molar-refractivity contribution is 5.91. The smallest absolute Gasteiger partial charge is 0.406 e. The van der Waals surface area contributed by atoms with Gasteiger partial charge in [0.25, 0.3) is 0 Å². The van der Waals surface area contributed by atoms with Gasteiger partial charge in [-0.1, -0.05) is 6.07 Å². The fraction of sp³-hybridized carbons (Fsp3) is 0.308. The van der Waals surface area contributed by atoms with Crippen LogP contribution in [-0.2, 0) is 9.53 Å². The minimum Gasteiger partial charge on any atom is -0.453 e. The minimum atomic E-state index is -0.547. The van der Waals surface area contributed by atoms with Gasteiger partial charge in [0.05, 0.1) is 18.7 Å². The second-order valence-electron chi connectivity index (χ2n) is 3.75. The van der Waals surface area contributed by atoms with Gasteiger partial charge in [-0.05, 0) is 18.2 Å². The summed E-state index contributed by atoms with van der Waals surface area (Å²) in [5, 5.41) is 11.3. The number of carbonyl (C=O) groups is 2. The van der Waals surface area contributed by atoms with Crippen LogP contribution in [-0.4, -0.2) is 32.2 Å². The summed E-state index contributed by atoms with van der Waals surface area (Å²) >= 11 is 0. The Balaban J connectivity index is 2.75. The number of nitrogens with one attached hydrogen (secondary N) is 1. The third-order valence-corrected chi connectivity index (χ3v) is 2.46. The Bertz CT molecular complexity index is 508. The fourth-order valence-electron chi connectivity index (χ4n) is 1.55. The van der Waals surface area contributed by atoms with E-state index in [4.69, 9.17) is 5.26 Å². The Morgan fingerprint density at radius 2 is 2.21 bits per heavy atom. The molecule has 6 heteroatoms. The zero-order valence-corrected chi connectivity index (χ0v) is 10.8. The van der Waals surface area contributed by atoms with E-state index in [1.54, 1.807) is 24.3 Å². The molecule has 2 amide bonds. The molecular weight excluding hydrogens is 246 g/mol. The lowest BCUT2D eigenvalue weighted by Crippen LogP contribution is -2.37. The summed E-state index contributed by atoms with van der Waals surface area (Å²) in [4.78, 5) is 24.0. The van der Waals surface area contributed by atoms with Gasteiger partial charge in [0.2, 0.25) is 5.91 Å². The van der Waals surface area contributed by atoms with E-state index >= 15 is 0 Å². The van der Waals surface area contributed by atoms with E-state index in [1.807, 2.05) is 6.07 Å². The van der Waals surface area contributed by atoms with Crippen LogP contribution in [0.15, 0.2) is 24.3 Å². The summed E-state index contributed by atoms with van der Waals surface area (Å²) in [6, 6.07) is 8.75. The van der Waals surface area contributed by atoms with Crippen LogP contribution in [0.4, 0.5) is 10.5 Å². The number of hydrogen-bond donors (Lipinski definition) is 1. The number of ether oxygens (including phenoxy) is 1. The molecule has 0 aliphatic carbocycles. The van der Waals surface area contributed by atoms with Crippen LogP contribution in [0, 0.1) is 11.3 Å². The van der Waals surface area contributed by atoms with Crippen LogP contribution in [0.2, 0.25) is 0 Å². The van der Waals surface area contributed by atoms with Crippen molar-refractivity contribution in [3.8, 4) is 6.07 Å². The molecule has 0 fully saturated rings. The molecule has 1 aromatic rings. The van der Waals surface area contributed by atoms with Gasteiger partial charge in [0, 0.05) is 25.7 Å². The molecule has 0 atom stereocenters. The van der Waals surface area contributed by atoms with Crippen molar-refractivity contribution in [1.29, 1.82) is 5.26 Å². The van der Waals surface area contributed by atoms with Crippen LogP contribution in [0.25, 0.3) is 0 Å². The predicted octanol–water partition coefficient (Wildman–Crippen LogP) is 1.27. The molecule has 0 aliphatic heterocycles. The summed E-state index contributed by atoms with van der Waals surface area (Å²) in [5.41, 5.74) is 1.10. The minimum absolute atomic E-state index is 0.165. The van der Waals surface area contributed by atoms with E-state index in [1.165, 1.54) is 18.9 Å². The lowest BCUT2D eigenvalue weighted by Gasteiger charge is -2.21. The largest absolute Gasteiger partial charge is 0.453 e. The van der Waals surface area contributed by atoms with E-state index in [0.717, 1.165) is 0 Å². The summed E-state index contributed by atoms with van der Waals surface area (Å²) in [5.74, 6) is -0.165. The quantitative estimate of drug-likeness (QED) is 0.884. The number of methoxy groups -OCH3 is 1. The molecule has 0 aliphatic rings. The number of hydrogen-bond acceptors (Lipinski definition) is 4.